The van der Waals surface area contributed by atoms with E-state index in [1.165, 1.54) is 33.5 Å². The van der Waals surface area contributed by atoms with E-state index in [2.05, 4.69) is 16.0 Å². The van der Waals surface area contributed by atoms with Crippen LogP contribution in [0.15, 0.2) is 12.1 Å². The fourth-order valence-corrected chi connectivity index (χ4v) is 3.05. The zero-order valence-corrected chi connectivity index (χ0v) is 16.7. The van der Waals surface area contributed by atoms with Crippen LogP contribution >= 0.6 is 0 Å². The fraction of sp³-hybridized carbons (Fsp3) is 0.438. The van der Waals surface area contributed by atoms with Gasteiger partial charge in [-0.15, -0.1) is 0 Å². The SMILES string of the molecule is COc1cc(NC(=O)NC(CS(C)(=O)=O)C(=O)NCC#N)cc(OC)c1OC. The van der Waals surface area contributed by atoms with E-state index in [-0.39, 0.29) is 23.7 Å². The summed E-state index contributed by atoms with van der Waals surface area (Å²) >= 11 is 0. The van der Waals surface area contributed by atoms with Gasteiger partial charge in [0.2, 0.25) is 11.7 Å². The van der Waals surface area contributed by atoms with Crippen molar-refractivity contribution in [2.75, 3.05) is 45.2 Å². The minimum absolute atomic E-state index is 0.252. The van der Waals surface area contributed by atoms with E-state index < -0.39 is 33.6 Å². The molecule has 1 atom stereocenters. The number of hydrogen-bond donors (Lipinski definition) is 3. The van der Waals surface area contributed by atoms with E-state index in [0.717, 1.165) is 6.26 Å². The quantitative estimate of drug-likeness (QED) is 0.473. The molecule has 3 amide bonds. The summed E-state index contributed by atoms with van der Waals surface area (Å²) in [7, 11) is 0.653. The molecule has 0 aromatic heterocycles. The lowest BCUT2D eigenvalue weighted by Crippen LogP contribution is -2.51. The summed E-state index contributed by atoms with van der Waals surface area (Å²) < 4.78 is 38.6. The number of hydrogen-bond acceptors (Lipinski definition) is 8. The number of anilines is 1. The van der Waals surface area contributed by atoms with Crippen molar-refractivity contribution >= 4 is 27.5 Å². The number of carbonyl (C=O) groups excluding carboxylic acids is 2. The highest BCUT2D eigenvalue weighted by Gasteiger charge is 2.25. The molecule has 1 aromatic rings. The van der Waals surface area contributed by atoms with Crippen LogP contribution in [0.1, 0.15) is 0 Å². The molecule has 11 nitrogen and oxygen atoms in total. The first-order valence-corrected chi connectivity index (χ1v) is 9.91. The maximum Gasteiger partial charge on any atom is 0.319 e. The summed E-state index contributed by atoms with van der Waals surface area (Å²) in [6.45, 7) is -0.324. The first-order valence-electron chi connectivity index (χ1n) is 7.85. The lowest BCUT2D eigenvalue weighted by Gasteiger charge is -2.18. The van der Waals surface area contributed by atoms with Gasteiger partial charge in [-0.1, -0.05) is 0 Å². The largest absolute Gasteiger partial charge is 0.493 e. The predicted molar refractivity (Wildman–Crippen MR) is 100 cm³/mol. The molecule has 154 valence electrons. The van der Waals surface area contributed by atoms with E-state index in [4.69, 9.17) is 19.5 Å². The molecule has 28 heavy (non-hydrogen) atoms. The molecule has 0 aliphatic carbocycles. The second-order valence-corrected chi connectivity index (χ2v) is 7.72. The van der Waals surface area contributed by atoms with Crippen LogP contribution < -0.4 is 30.2 Å². The van der Waals surface area contributed by atoms with Crippen LogP contribution in [0.25, 0.3) is 0 Å². The lowest BCUT2D eigenvalue weighted by molar-refractivity contribution is -0.122. The van der Waals surface area contributed by atoms with E-state index >= 15 is 0 Å². The number of amides is 3. The summed E-state index contributed by atoms with van der Waals surface area (Å²) in [5, 5.41) is 15.5. The highest BCUT2D eigenvalue weighted by molar-refractivity contribution is 7.90. The molecule has 0 radical (unpaired) electrons. The van der Waals surface area contributed by atoms with Gasteiger partial charge >= 0.3 is 6.03 Å². The number of benzene rings is 1. The molecule has 1 unspecified atom stereocenters. The molecule has 0 spiro atoms. The minimum Gasteiger partial charge on any atom is -0.493 e. The van der Waals surface area contributed by atoms with Crippen molar-refractivity contribution in [2.45, 2.75) is 6.04 Å². The number of nitrogens with zero attached hydrogens (tertiary/aromatic N) is 1. The molecule has 1 rings (SSSR count). The lowest BCUT2D eigenvalue weighted by atomic mass is 10.2. The maximum atomic E-state index is 12.3. The number of urea groups is 1. The Labute approximate surface area is 162 Å². The van der Waals surface area contributed by atoms with Crippen LogP contribution in [-0.2, 0) is 14.6 Å². The molecule has 12 heteroatoms. The Morgan fingerprint density at radius 1 is 1.14 bits per heavy atom. The third kappa shape index (κ3) is 6.84. The smallest absolute Gasteiger partial charge is 0.319 e. The Hall–Kier alpha value is -3.20. The van der Waals surface area contributed by atoms with E-state index in [1.54, 1.807) is 6.07 Å². The van der Waals surface area contributed by atoms with Crippen LogP contribution in [-0.4, -0.2) is 66.3 Å². The second kappa shape index (κ2) is 10.2. The summed E-state index contributed by atoms with van der Waals surface area (Å²) in [5.41, 5.74) is 0.252. The van der Waals surface area contributed by atoms with Crippen molar-refractivity contribution in [1.29, 1.82) is 5.26 Å². The molecular weight excluding hydrogens is 392 g/mol. The fourth-order valence-electron chi connectivity index (χ4n) is 2.21. The number of nitriles is 1. The van der Waals surface area contributed by atoms with Crippen molar-refractivity contribution in [1.82, 2.24) is 10.6 Å². The zero-order valence-electron chi connectivity index (χ0n) is 15.9. The van der Waals surface area contributed by atoms with Gasteiger partial charge in [0, 0.05) is 18.4 Å². The van der Waals surface area contributed by atoms with Crippen molar-refractivity contribution < 1.29 is 32.2 Å². The van der Waals surface area contributed by atoms with Gasteiger partial charge < -0.3 is 30.2 Å². The third-order valence-corrected chi connectivity index (χ3v) is 4.29. The molecule has 0 bridgehead atoms. The molecule has 0 saturated heterocycles. The van der Waals surface area contributed by atoms with Crippen LogP contribution in [0.2, 0.25) is 0 Å². The molecule has 0 saturated carbocycles. The van der Waals surface area contributed by atoms with Gasteiger partial charge in [0.15, 0.2) is 11.5 Å². The van der Waals surface area contributed by atoms with Gasteiger partial charge in [-0.3, -0.25) is 4.79 Å². The Bertz CT molecular complexity index is 839. The number of rotatable bonds is 9. The molecule has 0 aliphatic heterocycles. The second-order valence-electron chi connectivity index (χ2n) is 5.53. The van der Waals surface area contributed by atoms with Crippen molar-refractivity contribution in [3.63, 3.8) is 0 Å². The zero-order chi connectivity index (χ0) is 21.3. The van der Waals surface area contributed by atoms with Gasteiger partial charge in [0.1, 0.15) is 22.4 Å². The number of nitrogens with one attached hydrogen (secondary N) is 3. The number of sulfone groups is 1. The minimum atomic E-state index is -3.58. The monoisotopic (exact) mass is 414 g/mol. The van der Waals surface area contributed by atoms with Crippen LogP contribution in [0.5, 0.6) is 17.2 Å². The first kappa shape index (κ1) is 22.8. The normalized spacial score (nSPS) is 11.5. The molecular formula is C16H22N4O7S. The standard InChI is InChI=1S/C16H22N4O7S/c1-25-12-7-10(8-13(26-2)14(12)27-3)19-16(22)20-11(9-28(4,23)24)15(21)18-6-5-17/h7-8,11H,6,9H2,1-4H3,(H,18,21)(H2,19,20,22). The highest BCUT2D eigenvalue weighted by atomic mass is 32.2. The number of methoxy groups -OCH3 is 3. The highest BCUT2D eigenvalue weighted by Crippen LogP contribution is 2.39. The molecule has 3 N–H and O–H groups in total. The van der Waals surface area contributed by atoms with E-state index in [0.29, 0.717) is 5.75 Å². The van der Waals surface area contributed by atoms with Crippen molar-refractivity contribution in [3.05, 3.63) is 12.1 Å². The van der Waals surface area contributed by atoms with Gasteiger partial charge in [-0.05, 0) is 0 Å². The molecule has 1 aromatic carbocycles. The summed E-state index contributed by atoms with van der Waals surface area (Å²) in [5.74, 6) is -0.533. The van der Waals surface area contributed by atoms with Crippen LogP contribution in [0, 0.1) is 11.3 Å². The Balaban J connectivity index is 3.00. The average molecular weight is 414 g/mol. The first-order chi connectivity index (χ1) is 13.1. The Morgan fingerprint density at radius 2 is 1.71 bits per heavy atom. The number of ether oxygens (including phenoxy) is 3. The van der Waals surface area contributed by atoms with E-state index in [9.17, 15) is 18.0 Å². The Morgan fingerprint density at radius 3 is 2.14 bits per heavy atom. The average Bonchev–Trinajstić information content (AvgIpc) is 2.63. The molecule has 0 aliphatic rings. The number of carbonyl (C=O) groups is 2. The Kier molecular flexibility index (Phi) is 8.33. The van der Waals surface area contributed by atoms with Crippen molar-refractivity contribution in [3.8, 4) is 23.3 Å². The topological polar surface area (TPSA) is 156 Å². The van der Waals surface area contributed by atoms with Gasteiger partial charge in [0.25, 0.3) is 0 Å². The predicted octanol–water partition coefficient (Wildman–Crippen LogP) is -0.113. The van der Waals surface area contributed by atoms with Crippen molar-refractivity contribution in [2.24, 2.45) is 0 Å². The molecule has 0 heterocycles. The summed E-state index contributed by atoms with van der Waals surface area (Å²) in [4.78, 5) is 24.3. The summed E-state index contributed by atoms with van der Waals surface area (Å²) in [6, 6.07) is 2.40. The van der Waals surface area contributed by atoms with Gasteiger partial charge in [-0.2, -0.15) is 5.26 Å². The van der Waals surface area contributed by atoms with Gasteiger partial charge in [-0.25, -0.2) is 13.2 Å². The maximum absolute atomic E-state index is 12.3. The summed E-state index contributed by atoms with van der Waals surface area (Å²) in [6.07, 6.45) is 0.927. The van der Waals surface area contributed by atoms with E-state index in [1.807, 2.05) is 0 Å². The molecule has 0 fully saturated rings. The van der Waals surface area contributed by atoms with Crippen LogP contribution in [0.4, 0.5) is 10.5 Å². The van der Waals surface area contributed by atoms with Crippen LogP contribution in [0.3, 0.4) is 0 Å². The van der Waals surface area contributed by atoms with Gasteiger partial charge in [0.05, 0.1) is 38.8 Å². The third-order valence-electron chi connectivity index (χ3n) is 3.36.